The number of hydrogen-bond donors (Lipinski definition) is 1. The molecule has 0 aliphatic heterocycles. The lowest BCUT2D eigenvalue weighted by molar-refractivity contribution is -0.116. The van der Waals surface area contributed by atoms with E-state index in [0.29, 0.717) is 12.1 Å². The highest BCUT2D eigenvalue weighted by Crippen LogP contribution is 2.19. The lowest BCUT2D eigenvalue weighted by Crippen LogP contribution is -2.14. The van der Waals surface area contributed by atoms with E-state index in [-0.39, 0.29) is 17.6 Å². The fourth-order valence-corrected chi connectivity index (χ4v) is 1.92. The Kier molecular flexibility index (Phi) is 4.29. The van der Waals surface area contributed by atoms with Crippen LogP contribution in [0, 0.1) is 5.82 Å². The summed E-state index contributed by atoms with van der Waals surface area (Å²) in [5.41, 5.74) is 1.75. The molecule has 0 aliphatic rings. The number of anilines is 1. The van der Waals surface area contributed by atoms with Gasteiger partial charge in [0.2, 0.25) is 5.91 Å². The normalized spacial score (nSPS) is 11.9. The number of nitrogens with one attached hydrogen (secondary N) is 1. The Hall–Kier alpha value is -2.16. The largest absolute Gasteiger partial charge is 0.326 e. The van der Waals surface area contributed by atoms with Crippen LogP contribution in [0.1, 0.15) is 24.8 Å². The van der Waals surface area contributed by atoms with Gasteiger partial charge in [0.25, 0.3) is 0 Å². The lowest BCUT2D eigenvalue weighted by Gasteiger charge is -2.12. The van der Waals surface area contributed by atoms with Crippen LogP contribution in [-0.2, 0) is 4.79 Å². The van der Waals surface area contributed by atoms with Crippen molar-refractivity contribution in [2.24, 2.45) is 0 Å². The van der Waals surface area contributed by atoms with E-state index >= 15 is 0 Å². The second kappa shape index (κ2) is 6.14. The Bertz CT molecular complexity index is 536. The molecular formula is C16H16FNO. The monoisotopic (exact) mass is 257 g/mol. The summed E-state index contributed by atoms with van der Waals surface area (Å²) in [6.07, 6.45) is 0.404. The first kappa shape index (κ1) is 13.3. The van der Waals surface area contributed by atoms with Crippen LogP contribution in [0.15, 0.2) is 54.6 Å². The van der Waals surface area contributed by atoms with Gasteiger partial charge in [-0.05, 0) is 35.7 Å². The van der Waals surface area contributed by atoms with Crippen molar-refractivity contribution in [3.8, 4) is 0 Å². The predicted octanol–water partition coefficient (Wildman–Crippen LogP) is 3.96. The third-order valence-corrected chi connectivity index (χ3v) is 2.99. The molecule has 0 saturated heterocycles. The molecule has 0 unspecified atom stereocenters. The molecule has 2 aromatic carbocycles. The van der Waals surface area contributed by atoms with E-state index in [1.165, 1.54) is 12.1 Å². The van der Waals surface area contributed by atoms with E-state index in [0.717, 1.165) is 5.56 Å². The topological polar surface area (TPSA) is 29.1 Å². The van der Waals surface area contributed by atoms with Crippen molar-refractivity contribution in [3.05, 3.63) is 66.0 Å². The first-order valence-electron chi connectivity index (χ1n) is 6.25. The fraction of sp³-hybridized carbons (Fsp3) is 0.188. The van der Waals surface area contributed by atoms with Crippen LogP contribution >= 0.6 is 0 Å². The third kappa shape index (κ3) is 3.91. The van der Waals surface area contributed by atoms with E-state index in [2.05, 4.69) is 5.32 Å². The van der Waals surface area contributed by atoms with Gasteiger partial charge in [-0.15, -0.1) is 0 Å². The van der Waals surface area contributed by atoms with E-state index in [4.69, 9.17) is 0 Å². The Morgan fingerprint density at radius 1 is 1.11 bits per heavy atom. The molecule has 2 nitrogen and oxygen atoms in total. The van der Waals surface area contributed by atoms with Crippen molar-refractivity contribution in [1.82, 2.24) is 0 Å². The van der Waals surface area contributed by atoms with Crippen molar-refractivity contribution in [2.75, 3.05) is 5.32 Å². The van der Waals surface area contributed by atoms with Gasteiger partial charge in [0, 0.05) is 12.1 Å². The van der Waals surface area contributed by atoms with Crippen LogP contribution in [0.3, 0.4) is 0 Å². The molecule has 0 bridgehead atoms. The average Bonchev–Trinajstić information content (AvgIpc) is 2.42. The number of carbonyl (C=O) groups excluding carboxylic acids is 1. The zero-order valence-corrected chi connectivity index (χ0v) is 10.8. The molecule has 0 aliphatic carbocycles. The second-order valence-corrected chi connectivity index (χ2v) is 4.57. The molecule has 2 rings (SSSR count). The summed E-state index contributed by atoms with van der Waals surface area (Å²) < 4.78 is 12.7. The molecule has 19 heavy (non-hydrogen) atoms. The average molecular weight is 257 g/mol. The Morgan fingerprint density at radius 2 is 1.74 bits per heavy atom. The zero-order chi connectivity index (χ0) is 13.7. The maximum Gasteiger partial charge on any atom is 0.224 e. The minimum atomic E-state index is -0.310. The molecule has 0 spiro atoms. The SMILES string of the molecule is C[C@H](CC(=O)Nc1ccc(F)cc1)c1ccccc1. The van der Waals surface area contributed by atoms with E-state index in [9.17, 15) is 9.18 Å². The van der Waals surface area contributed by atoms with Gasteiger partial charge in [-0.25, -0.2) is 4.39 Å². The number of carbonyl (C=O) groups is 1. The van der Waals surface area contributed by atoms with Gasteiger partial charge >= 0.3 is 0 Å². The smallest absolute Gasteiger partial charge is 0.224 e. The van der Waals surface area contributed by atoms with E-state index in [1.807, 2.05) is 37.3 Å². The maximum atomic E-state index is 12.7. The standard InChI is InChI=1S/C16H16FNO/c1-12(13-5-3-2-4-6-13)11-16(19)18-15-9-7-14(17)8-10-15/h2-10,12H,11H2,1H3,(H,18,19)/t12-/m1/s1. The van der Waals surface area contributed by atoms with Gasteiger partial charge in [0.1, 0.15) is 5.82 Å². The quantitative estimate of drug-likeness (QED) is 0.882. The molecular weight excluding hydrogens is 241 g/mol. The van der Waals surface area contributed by atoms with Crippen molar-refractivity contribution in [2.45, 2.75) is 19.3 Å². The Morgan fingerprint density at radius 3 is 2.37 bits per heavy atom. The van der Waals surface area contributed by atoms with Crippen molar-refractivity contribution in [3.63, 3.8) is 0 Å². The van der Waals surface area contributed by atoms with Gasteiger partial charge in [-0.2, -0.15) is 0 Å². The van der Waals surface area contributed by atoms with E-state index < -0.39 is 0 Å². The summed E-state index contributed by atoms with van der Waals surface area (Å²) in [6, 6.07) is 15.7. The van der Waals surface area contributed by atoms with Crippen molar-refractivity contribution >= 4 is 11.6 Å². The van der Waals surface area contributed by atoms with Gasteiger partial charge in [0.15, 0.2) is 0 Å². The Labute approximate surface area is 112 Å². The number of benzene rings is 2. The second-order valence-electron chi connectivity index (χ2n) is 4.57. The Balaban J connectivity index is 1.93. The summed E-state index contributed by atoms with van der Waals surface area (Å²) in [4.78, 5) is 11.9. The van der Waals surface area contributed by atoms with Crippen molar-refractivity contribution < 1.29 is 9.18 Å². The number of rotatable bonds is 4. The van der Waals surface area contributed by atoms with Crippen LogP contribution in [0.5, 0.6) is 0 Å². The summed E-state index contributed by atoms with van der Waals surface area (Å²) in [5, 5.41) is 2.76. The zero-order valence-electron chi connectivity index (χ0n) is 10.8. The molecule has 1 N–H and O–H groups in total. The lowest BCUT2D eigenvalue weighted by atomic mass is 9.97. The predicted molar refractivity (Wildman–Crippen MR) is 74.5 cm³/mol. The minimum Gasteiger partial charge on any atom is -0.326 e. The first-order valence-corrected chi connectivity index (χ1v) is 6.25. The molecule has 0 aromatic heterocycles. The summed E-state index contributed by atoms with van der Waals surface area (Å²) >= 11 is 0. The highest BCUT2D eigenvalue weighted by molar-refractivity contribution is 5.91. The molecule has 0 heterocycles. The summed E-state index contributed by atoms with van der Waals surface area (Å²) in [5.74, 6) is -0.222. The van der Waals surface area contributed by atoms with Crippen LogP contribution in [-0.4, -0.2) is 5.91 Å². The minimum absolute atomic E-state index is 0.0667. The molecule has 0 fully saturated rings. The van der Waals surface area contributed by atoms with Crippen LogP contribution < -0.4 is 5.32 Å². The number of hydrogen-bond acceptors (Lipinski definition) is 1. The maximum absolute atomic E-state index is 12.7. The highest BCUT2D eigenvalue weighted by Gasteiger charge is 2.11. The fourth-order valence-electron chi connectivity index (χ4n) is 1.92. The first-order chi connectivity index (χ1) is 9.15. The van der Waals surface area contributed by atoms with Crippen LogP contribution in [0.4, 0.5) is 10.1 Å². The summed E-state index contributed by atoms with van der Waals surface area (Å²) in [7, 11) is 0. The molecule has 0 saturated carbocycles. The van der Waals surface area contributed by atoms with Crippen molar-refractivity contribution in [1.29, 1.82) is 0 Å². The molecule has 1 atom stereocenters. The molecule has 98 valence electrons. The van der Waals surface area contributed by atoms with Gasteiger partial charge < -0.3 is 5.32 Å². The number of halogens is 1. The summed E-state index contributed by atoms with van der Waals surface area (Å²) in [6.45, 7) is 2.01. The third-order valence-electron chi connectivity index (χ3n) is 2.99. The molecule has 2 aromatic rings. The number of amides is 1. The van der Waals surface area contributed by atoms with Crippen LogP contribution in [0.2, 0.25) is 0 Å². The molecule has 3 heteroatoms. The van der Waals surface area contributed by atoms with Gasteiger partial charge in [0.05, 0.1) is 0 Å². The molecule has 0 radical (unpaired) electrons. The van der Waals surface area contributed by atoms with Crippen LogP contribution in [0.25, 0.3) is 0 Å². The van der Waals surface area contributed by atoms with E-state index in [1.54, 1.807) is 12.1 Å². The van der Waals surface area contributed by atoms with Gasteiger partial charge in [-0.3, -0.25) is 4.79 Å². The molecule has 1 amide bonds. The van der Waals surface area contributed by atoms with Gasteiger partial charge in [-0.1, -0.05) is 37.3 Å². The highest BCUT2D eigenvalue weighted by atomic mass is 19.1.